The van der Waals surface area contributed by atoms with Gasteiger partial charge in [-0.2, -0.15) is 0 Å². The number of nitrogens with zero attached hydrogens (tertiary/aromatic N) is 4. The molecule has 6 nitrogen and oxygen atoms in total. The van der Waals surface area contributed by atoms with Gasteiger partial charge in [0.15, 0.2) is 23.5 Å². The molecule has 2 aliphatic heterocycles. The molecule has 134 valence electrons. The van der Waals surface area contributed by atoms with Gasteiger partial charge in [0.25, 0.3) is 0 Å². The van der Waals surface area contributed by atoms with Crippen molar-refractivity contribution < 1.29 is 9.47 Å². The molecule has 3 rings (SSSR count). The van der Waals surface area contributed by atoms with Gasteiger partial charge >= 0.3 is 0 Å². The van der Waals surface area contributed by atoms with Gasteiger partial charge in [0.1, 0.15) is 0 Å². The Morgan fingerprint density at radius 2 is 2.00 bits per heavy atom. The summed E-state index contributed by atoms with van der Waals surface area (Å²) in [6, 6.07) is 5.62. The lowest BCUT2D eigenvalue weighted by Gasteiger charge is -2.33. The Morgan fingerprint density at radius 1 is 1.23 bits per heavy atom. The van der Waals surface area contributed by atoms with E-state index >= 15 is 0 Å². The zero-order valence-corrected chi connectivity index (χ0v) is 15.5. The van der Waals surface area contributed by atoms with Crippen LogP contribution in [0, 0.1) is 24.2 Å². The van der Waals surface area contributed by atoms with Gasteiger partial charge in [-0.15, -0.1) is 6.42 Å². The fourth-order valence-corrected chi connectivity index (χ4v) is 2.96. The number of hydrogen-bond acceptors (Lipinski definition) is 6. The third-order valence-electron chi connectivity index (χ3n) is 4.30. The molecule has 0 aliphatic carbocycles. The minimum absolute atomic E-state index is 0.238. The lowest BCUT2D eigenvalue weighted by molar-refractivity contribution is 0.274. The van der Waals surface area contributed by atoms with E-state index in [2.05, 4.69) is 38.7 Å². The Bertz CT molecular complexity index is 857. The van der Waals surface area contributed by atoms with Crippen molar-refractivity contribution in [3.05, 3.63) is 35.7 Å². The second-order valence-corrected chi connectivity index (χ2v) is 6.08. The summed E-state index contributed by atoms with van der Waals surface area (Å²) < 4.78 is 10.6. The predicted octanol–water partition coefficient (Wildman–Crippen LogP) is 1.40. The Morgan fingerprint density at radius 3 is 2.69 bits per heavy atom. The summed E-state index contributed by atoms with van der Waals surface area (Å²) in [6.45, 7) is 1.28. The van der Waals surface area contributed by atoms with Crippen molar-refractivity contribution in [3.8, 4) is 35.7 Å². The molecule has 2 heterocycles. The van der Waals surface area contributed by atoms with E-state index in [1.165, 1.54) is 0 Å². The molecule has 0 bridgehead atoms. The molecule has 0 saturated carbocycles. The van der Waals surface area contributed by atoms with Gasteiger partial charge in [0.05, 0.1) is 33.1 Å². The van der Waals surface area contributed by atoms with Crippen LogP contribution in [0.25, 0.3) is 0 Å². The molecule has 0 N–H and O–H groups in total. The largest absolute Gasteiger partial charge is 0.493 e. The van der Waals surface area contributed by atoms with Crippen LogP contribution in [0.15, 0.2) is 35.1 Å². The SMILES string of the molecule is C#CCN1C=C2C(=NC(C#Cc3ccc(OC)c(OC)c3)N2C)N(C)C1. The van der Waals surface area contributed by atoms with Crippen molar-refractivity contribution in [2.75, 3.05) is 41.5 Å². The summed E-state index contributed by atoms with van der Waals surface area (Å²) in [6.07, 6.45) is 7.25. The zero-order valence-electron chi connectivity index (χ0n) is 15.5. The van der Waals surface area contributed by atoms with Crippen LogP contribution >= 0.6 is 0 Å². The van der Waals surface area contributed by atoms with Crippen LogP contribution in [-0.4, -0.2) is 68.2 Å². The fourth-order valence-electron chi connectivity index (χ4n) is 2.96. The number of likely N-dealkylation sites (N-methyl/N-ethyl adjacent to an activating group) is 2. The Hall–Kier alpha value is -3.25. The van der Waals surface area contributed by atoms with E-state index in [0.717, 1.165) is 23.8 Å². The molecular weight excluding hydrogens is 328 g/mol. The van der Waals surface area contributed by atoms with E-state index in [0.29, 0.717) is 18.0 Å². The average Bonchev–Trinajstić information content (AvgIpc) is 2.97. The highest BCUT2D eigenvalue weighted by atomic mass is 16.5. The molecule has 0 radical (unpaired) electrons. The van der Waals surface area contributed by atoms with Gasteiger partial charge in [-0.1, -0.05) is 11.8 Å². The molecule has 0 fully saturated rings. The standard InChI is InChI=1S/C20H22N4O2/c1-6-11-24-13-16-20(22(2)14-24)21-19(23(16)3)10-8-15-7-9-17(25-4)18(12-15)26-5/h1,7,9,12-13,19H,11,14H2,2-5H3. The maximum Gasteiger partial charge on any atom is 0.186 e. The van der Waals surface area contributed by atoms with E-state index in [1.807, 2.05) is 32.3 Å². The highest BCUT2D eigenvalue weighted by Gasteiger charge is 2.32. The summed E-state index contributed by atoms with van der Waals surface area (Å²) >= 11 is 0. The first-order valence-electron chi connectivity index (χ1n) is 8.22. The average molecular weight is 350 g/mol. The van der Waals surface area contributed by atoms with E-state index in [1.54, 1.807) is 14.2 Å². The third kappa shape index (κ3) is 3.27. The molecule has 0 amide bonds. The van der Waals surface area contributed by atoms with Gasteiger partial charge in [-0.25, -0.2) is 4.99 Å². The molecule has 26 heavy (non-hydrogen) atoms. The number of amidine groups is 1. The van der Waals surface area contributed by atoms with Crippen molar-refractivity contribution >= 4 is 5.84 Å². The molecular formula is C20H22N4O2. The van der Waals surface area contributed by atoms with Gasteiger partial charge in [-0.3, -0.25) is 0 Å². The van der Waals surface area contributed by atoms with Crippen molar-refractivity contribution in [2.24, 2.45) is 4.99 Å². The number of hydrogen-bond donors (Lipinski definition) is 0. The Balaban J connectivity index is 1.84. The molecule has 1 aromatic rings. The number of fused-ring (bicyclic) bond motifs is 1. The van der Waals surface area contributed by atoms with Crippen LogP contribution in [0.5, 0.6) is 11.5 Å². The second-order valence-electron chi connectivity index (χ2n) is 6.08. The van der Waals surface area contributed by atoms with Crippen LogP contribution in [-0.2, 0) is 0 Å². The van der Waals surface area contributed by atoms with E-state index in [9.17, 15) is 0 Å². The lowest BCUT2D eigenvalue weighted by Crippen LogP contribution is -2.43. The molecule has 0 spiro atoms. The maximum atomic E-state index is 5.44. The highest BCUT2D eigenvalue weighted by molar-refractivity contribution is 6.00. The van der Waals surface area contributed by atoms with Crippen LogP contribution in [0.2, 0.25) is 0 Å². The van der Waals surface area contributed by atoms with Gasteiger partial charge in [0, 0.05) is 25.9 Å². The molecule has 1 aromatic carbocycles. The van der Waals surface area contributed by atoms with Crippen LogP contribution in [0.3, 0.4) is 0 Å². The number of terminal acetylenes is 1. The smallest absolute Gasteiger partial charge is 0.186 e. The molecule has 6 heteroatoms. The first kappa shape index (κ1) is 17.6. The summed E-state index contributed by atoms with van der Waals surface area (Å²) in [5.74, 6) is 11.4. The molecule has 0 aromatic heterocycles. The van der Waals surface area contributed by atoms with Crippen LogP contribution in [0.1, 0.15) is 5.56 Å². The van der Waals surface area contributed by atoms with Gasteiger partial charge < -0.3 is 24.2 Å². The van der Waals surface area contributed by atoms with Gasteiger partial charge in [-0.05, 0) is 24.1 Å². The van der Waals surface area contributed by atoms with Crippen molar-refractivity contribution in [1.29, 1.82) is 0 Å². The molecule has 1 atom stereocenters. The molecule has 0 saturated heterocycles. The number of methoxy groups -OCH3 is 2. The minimum Gasteiger partial charge on any atom is -0.493 e. The van der Waals surface area contributed by atoms with Gasteiger partial charge in [0.2, 0.25) is 0 Å². The Labute approximate surface area is 154 Å². The van der Waals surface area contributed by atoms with Crippen molar-refractivity contribution in [2.45, 2.75) is 6.17 Å². The first-order chi connectivity index (χ1) is 12.6. The fraction of sp³-hybridized carbons (Fsp3) is 0.350. The molecule has 1 unspecified atom stereocenters. The second kappa shape index (κ2) is 7.33. The van der Waals surface area contributed by atoms with Crippen LogP contribution < -0.4 is 9.47 Å². The molecule has 2 aliphatic rings. The van der Waals surface area contributed by atoms with Crippen molar-refractivity contribution in [3.63, 3.8) is 0 Å². The van der Waals surface area contributed by atoms with E-state index < -0.39 is 0 Å². The normalized spacial score (nSPS) is 18.3. The summed E-state index contributed by atoms with van der Waals surface area (Å²) in [7, 11) is 7.22. The van der Waals surface area contributed by atoms with E-state index in [4.69, 9.17) is 20.9 Å². The lowest BCUT2D eigenvalue weighted by atomic mass is 10.2. The maximum absolute atomic E-state index is 5.44. The zero-order chi connectivity index (χ0) is 18.7. The monoisotopic (exact) mass is 350 g/mol. The van der Waals surface area contributed by atoms with Crippen molar-refractivity contribution in [1.82, 2.24) is 14.7 Å². The number of aliphatic imine (C=N–C) groups is 1. The predicted molar refractivity (Wildman–Crippen MR) is 102 cm³/mol. The first-order valence-corrected chi connectivity index (χ1v) is 8.22. The number of benzene rings is 1. The Kier molecular flexibility index (Phi) is 4.95. The summed E-state index contributed by atoms with van der Waals surface area (Å²) in [5, 5.41) is 0. The quantitative estimate of drug-likeness (QED) is 0.771. The topological polar surface area (TPSA) is 40.5 Å². The number of ether oxygens (including phenoxy) is 2. The van der Waals surface area contributed by atoms with E-state index in [-0.39, 0.29) is 6.17 Å². The third-order valence-corrected chi connectivity index (χ3v) is 4.30. The number of rotatable bonds is 3. The summed E-state index contributed by atoms with van der Waals surface area (Å²) in [4.78, 5) is 11.0. The minimum atomic E-state index is -0.238. The highest BCUT2D eigenvalue weighted by Crippen LogP contribution is 2.28. The van der Waals surface area contributed by atoms with Crippen LogP contribution in [0.4, 0.5) is 0 Å². The summed E-state index contributed by atoms with van der Waals surface area (Å²) in [5.41, 5.74) is 1.88.